The van der Waals surface area contributed by atoms with Gasteiger partial charge in [0.2, 0.25) is 6.29 Å². The van der Waals surface area contributed by atoms with Gasteiger partial charge in [-0.15, -0.1) is 0 Å². The van der Waals surface area contributed by atoms with Gasteiger partial charge in [-0.3, -0.25) is 0 Å². The van der Waals surface area contributed by atoms with Crippen LogP contribution in [0.15, 0.2) is 18.2 Å². The van der Waals surface area contributed by atoms with Crippen molar-refractivity contribution in [2.24, 2.45) is 0 Å². The molecular formula is C17H24O4. The van der Waals surface area contributed by atoms with E-state index in [1.54, 1.807) is 25.1 Å². The van der Waals surface area contributed by atoms with E-state index in [1.165, 1.54) is 25.7 Å². The maximum absolute atomic E-state index is 11.7. The summed E-state index contributed by atoms with van der Waals surface area (Å²) in [4.78, 5) is 11.7. The molecule has 4 nitrogen and oxygen atoms in total. The van der Waals surface area contributed by atoms with Gasteiger partial charge >= 0.3 is 5.97 Å². The summed E-state index contributed by atoms with van der Waals surface area (Å²) in [6, 6.07) is 5.19. The van der Waals surface area contributed by atoms with E-state index in [-0.39, 0.29) is 12.3 Å². The van der Waals surface area contributed by atoms with Crippen molar-refractivity contribution in [2.75, 3.05) is 6.61 Å². The maximum Gasteiger partial charge on any atom is 0.338 e. The van der Waals surface area contributed by atoms with Gasteiger partial charge < -0.3 is 14.2 Å². The molecule has 1 unspecified atom stereocenters. The van der Waals surface area contributed by atoms with E-state index < -0.39 is 0 Å². The normalized spacial score (nSPS) is 16.0. The number of hydrogen-bond donors (Lipinski definition) is 0. The first kappa shape index (κ1) is 15.7. The third-order valence-electron chi connectivity index (χ3n) is 3.52. The van der Waals surface area contributed by atoms with Crippen molar-refractivity contribution in [1.29, 1.82) is 0 Å². The fourth-order valence-electron chi connectivity index (χ4n) is 2.38. The molecule has 1 aromatic carbocycles. The van der Waals surface area contributed by atoms with Crippen molar-refractivity contribution < 1.29 is 19.0 Å². The molecule has 1 aliphatic rings. The van der Waals surface area contributed by atoms with Crippen molar-refractivity contribution in [3.05, 3.63) is 23.8 Å². The lowest BCUT2D eigenvalue weighted by Gasteiger charge is -2.09. The lowest BCUT2D eigenvalue weighted by molar-refractivity contribution is 0.0393. The highest BCUT2D eigenvalue weighted by Crippen LogP contribution is 2.36. The number of benzene rings is 1. The Kier molecular flexibility index (Phi) is 5.90. The molecule has 1 aliphatic heterocycles. The Morgan fingerprint density at radius 1 is 1.10 bits per heavy atom. The Hall–Kier alpha value is -1.71. The van der Waals surface area contributed by atoms with Crippen LogP contribution in [0.3, 0.4) is 0 Å². The minimum absolute atomic E-state index is 0.223. The van der Waals surface area contributed by atoms with Gasteiger partial charge in [-0.2, -0.15) is 0 Å². The van der Waals surface area contributed by atoms with Gasteiger partial charge in [-0.25, -0.2) is 4.79 Å². The molecule has 0 saturated heterocycles. The van der Waals surface area contributed by atoms with Gasteiger partial charge in [0.25, 0.3) is 0 Å². The Balaban J connectivity index is 1.83. The quantitative estimate of drug-likeness (QED) is 0.528. The average molecular weight is 292 g/mol. The number of fused-ring (bicyclic) bond motifs is 1. The van der Waals surface area contributed by atoms with Crippen LogP contribution in [-0.2, 0) is 4.74 Å². The van der Waals surface area contributed by atoms with E-state index in [9.17, 15) is 4.79 Å². The van der Waals surface area contributed by atoms with Crippen LogP contribution in [0, 0.1) is 0 Å². The highest BCUT2D eigenvalue weighted by molar-refractivity contribution is 5.90. The number of carbonyl (C=O) groups excluding carboxylic acids is 1. The molecule has 0 N–H and O–H groups in total. The molecule has 0 saturated carbocycles. The Bertz CT molecular complexity index is 470. The highest BCUT2D eigenvalue weighted by atomic mass is 16.7. The number of esters is 1. The van der Waals surface area contributed by atoms with Gasteiger partial charge in [0, 0.05) is 6.42 Å². The van der Waals surface area contributed by atoms with Gasteiger partial charge in [-0.05, 0) is 31.5 Å². The summed E-state index contributed by atoms with van der Waals surface area (Å²) in [6.45, 7) is 4.37. The predicted octanol–water partition coefficient (Wildman–Crippen LogP) is 4.32. The molecule has 1 aromatic rings. The van der Waals surface area contributed by atoms with Crippen molar-refractivity contribution in [2.45, 2.75) is 58.7 Å². The molecule has 0 amide bonds. The van der Waals surface area contributed by atoms with Gasteiger partial charge in [0.05, 0.1) is 12.2 Å². The van der Waals surface area contributed by atoms with E-state index in [1.807, 2.05) is 0 Å². The minimum Gasteiger partial charge on any atom is -0.462 e. The molecule has 4 heteroatoms. The summed E-state index contributed by atoms with van der Waals surface area (Å²) in [5.41, 5.74) is 0.503. The van der Waals surface area contributed by atoms with E-state index in [0.717, 1.165) is 12.8 Å². The second kappa shape index (κ2) is 7.91. The summed E-state index contributed by atoms with van der Waals surface area (Å²) >= 11 is 0. The van der Waals surface area contributed by atoms with Crippen LogP contribution in [0.25, 0.3) is 0 Å². The van der Waals surface area contributed by atoms with Crippen LogP contribution in [-0.4, -0.2) is 18.9 Å². The average Bonchev–Trinajstić information content (AvgIpc) is 2.89. The maximum atomic E-state index is 11.7. The first-order valence-corrected chi connectivity index (χ1v) is 7.89. The zero-order valence-electron chi connectivity index (χ0n) is 12.9. The molecule has 1 heterocycles. The van der Waals surface area contributed by atoms with Crippen LogP contribution < -0.4 is 9.47 Å². The molecule has 2 rings (SSSR count). The van der Waals surface area contributed by atoms with Crippen LogP contribution in [0.5, 0.6) is 11.5 Å². The van der Waals surface area contributed by atoms with E-state index in [4.69, 9.17) is 14.2 Å². The lowest BCUT2D eigenvalue weighted by Crippen LogP contribution is -2.17. The van der Waals surface area contributed by atoms with Crippen LogP contribution in [0.2, 0.25) is 0 Å². The minimum atomic E-state index is -0.327. The predicted molar refractivity (Wildman–Crippen MR) is 80.8 cm³/mol. The van der Waals surface area contributed by atoms with E-state index in [2.05, 4.69) is 6.92 Å². The number of rotatable bonds is 8. The smallest absolute Gasteiger partial charge is 0.338 e. The molecule has 0 aliphatic carbocycles. The summed E-state index contributed by atoms with van der Waals surface area (Å²) < 4.78 is 16.5. The summed E-state index contributed by atoms with van der Waals surface area (Å²) in [7, 11) is 0. The standard InChI is InChI=1S/C17H24O4/c1-3-5-6-7-8-9-16-20-14-11-10-13(12-15(14)21-16)17(18)19-4-2/h10-12,16H,3-9H2,1-2H3. The monoisotopic (exact) mass is 292 g/mol. The van der Waals surface area contributed by atoms with Crippen molar-refractivity contribution in [1.82, 2.24) is 0 Å². The lowest BCUT2D eigenvalue weighted by atomic mass is 10.1. The Morgan fingerprint density at radius 3 is 2.62 bits per heavy atom. The Morgan fingerprint density at radius 2 is 1.86 bits per heavy atom. The molecule has 116 valence electrons. The summed E-state index contributed by atoms with van der Waals surface area (Å²) in [6.07, 6.45) is 6.77. The third-order valence-corrected chi connectivity index (χ3v) is 3.52. The zero-order valence-corrected chi connectivity index (χ0v) is 12.9. The van der Waals surface area contributed by atoms with Crippen molar-refractivity contribution in [3.8, 4) is 11.5 Å². The topological polar surface area (TPSA) is 44.8 Å². The van der Waals surface area contributed by atoms with Crippen molar-refractivity contribution >= 4 is 5.97 Å². The van der Waals surface area contributed by atoms with E-state index in [0.29, 0.717) is 23.7 Å². The number of unbranched alkanes of at least 4 members (excludes halogenated alkanes) is 4. The summed E-state index contributed by atoms with van der Waals surface area (Å²) in [5.74, 6) is 1.02. The molecule has 21 heavy (non-hydrogen) atoms. The van der Waals surface area contributed by atoms with Gasteiger partial charge in [0.1, 0.15) is 0 Å². The number of carbonyl (C=O) groups is 1. The van der Waals surface area contributed by atoms with Gasteiger partial charge in [0.15, 0.2) is 11.5 Å². The largest absolute Gasteiger partial charge is 0.462 e. The fraction of sp³-hybridized carbons (Fsp3) is 0.588. The first-order valence-electron chi connectivity index (χ1n) is 7.89. The second-order valence-electron chi connectivity index (χ2n) is 5.25. The van der Waals surface area contributed by atoms with Crippen LogP contribution >= 0.6 is 0 Å². The van der Waals surface area contributed by atoms with Gasteiger partial charge in [-0.1, -0.05) is 32.6 Å². The van der Waals surface area contributed by atoms with Crippen LogP contribution in [0.1, 0.15) is 62.7 Å². The first-order chi connectivity index (χ1) is 10.2. The highest BCUT2D eigenvalue weighted by Gasteiger charge is 2.25. The molecule has 0 bridgehead atoms. The number of hydrogen-bond acceptors (Lipinski definition) is 4. The van der Waals surface area contributed by atoms with Crippen LogP contribution in [0.4, 0.5) is 0 Å². The fourth-order valence-corrected chi connectivity index (χ4v) is 2.38. The number of ether oxygens (including phenoxy) is 3. The molecule has 0 radical (unpaired) electrons. The van der Waals surface area contributed by atoms with Crippen molar-refractivity contribution in [3.63, 3.8) is 0 Å². The molecule has 0 fully saturated rings. The molecule has 0 aromatic heterocycles. The molecular weight excluding hydrogens is 268 g/mol. The van der Waals surface area contributed by atoms with E-state index >= 15 is 0 Å². The molecule has 0 spiro atoms. The third kappa shape index (κ3) is 4.38. The Labute approximate surface area is 126 Å². The summed E-state index contributed by atoms with van der Waals surface area (Å²) in [5, 5.41) is 0. The second-order valence-corrected chi connectivity index (χ2v) is 5.25. The molecule has 1 atom stereocenters. The zero-order chi connectivity index (χ0) is 15.1. The SMILES string of the molecule is CCCCCCCC1Oc2ccc(C(=O)OCC)cc2O1.